The molecule has 2 heterocycles. The molecule has 1 aromatic carbocycles. The van der Waals surface area contributed by atoms with Crippen LogP contribution in [0.1, 0.15) is 42.5 Å². The molecule has 5 nitrogen and oxygen atoms in total. The number of hydrogen-bond donors (Lipinski definition) is 0. The lowest BCUT2D eigenvalue weighted by Gasteiger charge is -2.34. The van der Waals surface area contributed by atoms with Gasteiger partial charge in [0.1, 0.15) is 0 Å². The van der Waals surface area contributed by atoms with Gasteiger partial charge >= 0.3 is 0 Å². The molecule has 30 heavy (non-hydrogen) atoms. The quantitative estimate of drug-likeness (QED) is 0.597. The summed E-state index contributed by atoms with van der Waals surface area (Å²) in [5.74, 6) is -2.22. The molecule has 1 aromatic heterocycles. The van der Waals surface area contributed by atoms with Gasteiger partial charge in [0.05, 0.1) is 11.5 Å². The van der Waals surface area contributed by atoms with Crippen molar-refractivity contribution in [2.24, 2.45) is 5.92 Å². The highest BCUT2D eigenvalue weighted by molar-refractivity contribution is 8.13. The van der Waals surface area contributed by atoms with E-state index in [1.54, 1.807) is 24.4 Å². The second-order valence-corrected chi connectivity index (χ2v) is 10.7. The summed E-state index contributed by atoms with van der Waals surface area (Å²) in [6.45, 7) is 3.79. The van der Waals surface area contributed by atoms with Crippen LogP contribution in [0.15, 0.2) is 41.4 Å². The third-order valence-corrected chi connectivity index (χ3v) is 7.28. The van der Waals surface area contributed by atoms with Crippen molar-refractivity contribution in [2.45, 2.75) is 49.6 Å². The summed E-state index contributed by atoms with van der Waals surface area (Å²) in [5.41, 5.74) is 3.09. The van der Waals surface area contributed by atoms with Gasteiger partial charge in [-0.15, -0.1) is 0 Å². The average molecular weight is 457 g/mol. The molecule has 1 fully saturated rings. The van der Waals surface area contributed by atoms with Gasteiger partial charge in [0.2, 0.25) is 11.8 Å². The van der Waals surface area contributed by atoms with E-state index in [1.165, 1.54) is 0 Å². The van der Waals surface area contributed by atoms with Crippen molar-refractivity contribution >= 4 is 19.7 Å². The van der Waals surface area contributed by atoms with Gasteiger partial charge in [0, 0.05) is 60.8 Å². The van der Waals surface area contributed by atoms with Crippen molar-refractivity contribution in [2.75, 3.05) is 13.2 Å². The zero-order chi connectivity index (χ0) is 21.5. The monoisotopic (exact) mass is 456 g/mol. The normalized spacial score (nSPS) is 20.3. The minimum Gasteiger partial charge on any atom is -0.477 e. The molecule has 0 saturated heterocycles. The van der Waals surface area contributed by atoms with Crippen molar-refractivity contribution in [3.63, 3.8) is 0 Å². The molecule has 0 bridgehead atoms. The molecule has 1 saturated carbocycles. The largest absolute Gasteiger partial charge is 0.477 e. The highest BCUT2D eigenvalue weighted by atomic mass is 35.7. The van der Waals surface area contributed by atoms with E-state index in [2.05, 4.69) is 16.8 Å². The molecular formula is C21H23ClF2N2O3S. The first kappa shape index (κ1) is 21.5. The van der Waals surface area contributed by atoms with Crippen molar-refractivity contribution in [1.82, 2.24) is 9.88 Å². The van der Waals surface area contributed by atoms with Crippen LogP contribution in [0.3, 0.4) is 0 Å². The lowest BCUT2D eigenvalue weighted by Crippen LogP contribution is -2.38. The second kappa shape index (κ2) is 8.05. The molecule has 0 unspecified atom stereocenters. The minimum absolute atomic E-state index is 0.0706. The van der Waals surface area contributed by atoms with Gasteiger partial charge in [0.25, 0.3) is 9.05 Å². The van der Waals surface area contributed by atoms with Gasteiger partial charge in [-0.05, 0) is 42.2 Å². The van der Waals surface area contributed by atoms with Crippen molar-refractivity contribution in [1.29, 1.82) is 0 Å². The maximum atomic E-state index is 12.9. The Balaban J connectivity index is 1.38. The highest BCUT2D eigenvalue weighted by Gasteiger charge is 2.45. The Kier molecular flexibility index (Phi) is 5.76. The SMILES string of the molecule is C[C@H](c1ccc(OCC2CC(F)(F)C2)nc1)N1CCc2ccc(S(=O)(=O)Cl)cc2C1. The fourth-order valence-corrected chi connectivity index (χ4v) is 4.88. The summed E-state index contributed by atoms with van der Waals surface area (Å²) in [6, 6.07) is 8.79. The van der Waals surface area contributed by atoms with Crippen molar-refractivity contribution in [3.8, 4) is 5.88 Å². The number of fused-ring (bicyclic) bond motifs is 1. The van der Waals surface area contributed by atoms with Crippen molar-refractivity contribution in [3.05, 3.63) is 53.2 Å². The Morgan fingerprint density at radius 3 is 2.67 bits per heavy atom. The van der Waals surface area contributed by atoms with Crippen molar-refractivity contribution < 1.29 is 21.9 Å². The number of rotatable bonds is 6. The molecule has 1 aliphatic heterocycles. The lowest BCUT2D eigenvalue weighted by molar-refractivity contribution is -0.119. The van der Waals surface area contributed by atoms with Crippen LogP contribution in [0.5, 0.6) is 5.88 Å². The fraction of sp³-hybridized carbons (Fsp3) is 0.476. The Bertz CT molecular complexity index is 1020. The summed E-state index contributed by atoms with van der Waals surface area (Å²) in [6.07, 6.45) is 2.32. The minimum atomic E-state index is -3.76. The van der Waals surface area contributed by atoms with E-state index in [0.717, 1.165) is 29.7 Å². The second-order valence-electron chi connectivity index (χ2n) is 8.14. The Labute approximate surface area is 179 Å². The zero-order valence-electron chi connectivity index (χ0n) is 16.5. The number of alkyl halides is 2. The predicted octanol–water partition coefficient (Wildman–Crippen LogP) is 4.55. The first-order valence-electron chi connectivity index (χ1n) is 9.88. The van der Waals surface area contributed by atoms with E-state index in [0.29, 0.717) is 12.4 Å². The molecular weight excluding hydrogens is 434 g/mol. The third-order valence-electron chi connectivity index (χ3n) is 5.93. The molecule has 162 valence electrons. The van der Waals surface area contributed by atoms with Gasteiger partial charge in [0.15, 0.2) is 0 Å². The topological polar surface area (TPSA) is 59.5 Å². The average Bonchev–Trinajstić information content (AvgIpc) is 2.69. The Morgan fingerprint density at radius 2 is 2.03 bits per heavy atom. The maximum Gasteiger partial charge on any atom is 0.261 e. The van der Waals surface area contributed by atoms with Gasteiger partial charge in [-0.3, -0.25) is 4.90 Å². The first-order chi connectivity index (χ1) is 14.1. The maximum absolute atomic E-state index is 12.9. The number of nitrogens with zero attached hydrogens (tertiary/aromatic N) is 2. The Hall–Kier alpha value is -1.77. The fourth-order valence-electron chi connectivity index (χ4n) is 4.08. The van der Waals surface area contributed by atoms with Gasteiger partial charge in [-0.2, -0.15) is 0 Å². The van der Waals surface area contributed by atoms with E-state index in [4.69, 9.17) is 15.4 Å². The summed E-state index contributed by atoms with van der Waals surface area (Å²) in [7, 11) is 1.73. The number of halogens is 3. The number of aromatic nitrogens is 1. The van der Waals surface area contributed by atoms with Crippen LogP contribution >= 0.6 is 10.7 Å². The summed E-state index contributed by atoms with van der Waals surface area (Å²) >= 11 is 0. The van der Waals surface area contributed by atoms with Gasteiger partial charge in [-0.1, -0.05) is 12.1 Å². The molecule has 2 aromatic rings. The van der Waals surface area contributed by atoms with E-state index in [1.807, 2.05) is 12.1 Å². The number of ether oxygens (including phenoxy) is 1. The molecule has 0 spiro atoms. The first-order valence-corrected chi connectivity index (χ1v) is 12.2. The molecule has 0 N–H and O–H groups in total. The summed E-state index contributed by atoms with van der Waals surface area (Å²) < 4.78 is 54.6. The summed E-state index contributed by atoms with van der Waals surface area (Å²) in [5, 5.41) is 0. The lowest BCUT2D eigenvalue weighted by atomic mass is 9.82. The molecule has 1 atom stereocenters. The van der Waals surface area contributed by atoms with Gasteiger partial charge in [-0.25, -0.2) is 22.2 Å². The Morgan fingerprint density at radius 1 is 1.27 bits per heavy atom. The van der Waals surface area contributed by atoms with E-state index in [-0.39, 0.29) is 36.3 Å². The van der Waals surface area contributed by atoms with E-state index in [9.17, 15) is 17.2 Å². The number of pyridine rings is 1. The van der Waals surface area contributed by atoms with E-state index >= 15 is 0 Å². The third kappa shape index (κ3) is 4.76. The van der Waals surface area contributed by atoms with Crippen LogP contribution in [-0.2, 0) is 22.0 Å². The molecule has 4 rings (SSSR count). The van der Waals surface area contributed by atoms with Crippen LogP contribution in [0, 0.1) is 5.92 Å². The highest BCUT2D eigenvalue weighted by Crippen LogP contribution is 2.42. The molecule has 0 radical (unpaired) electrons. The molecule has 2 aliphatic rings. The predicted molar refractivity (Wildman–Crippen MR) is 109 cm³/mol. The number of hydrogen-bond acceptors (Lipinski definition) is 5. The molecule has 1 aliphatic carbocycles. The smallest absolute Gasteiger partial charge is 0.261 e. The van der Waals surface area contributed by atoms with E-state index < -0.39 is 15.0 Å². The van der Waals surface area contributed by atoms with Crippen LogP contribution < -0.4 is 4.74 Å². The van der Waals surface area contributed by atoms with Crippen LogP contribution in [0.2, 0.25) is 0 Å². The van der Waals surface area contributed by atoms with Gasteiger partial charge < -0.3 is 4.74 Å². The standard InChI is InChI=1S/C21H23ClF2N2O3S/c1-14(17-3-5-20(25-11-17)29-13-15-9-21(23,24)10-15)26-7-6-16-2-4-19(30(22,27)28)8-18(16)12-26/h2-5,8,11,14-15H,6-7,9-10,12-13H2,1H3/t14-/m1/s1. The molecule has 0 amide bonds. The number of benzene rings is 1. The van der Waals surface area contributed by atoms with Crippen LogP contribution in [-0.4, -0.2) is 37.4 Å². The van der Waals surface area contributed by atoms with Crippen LogP contribution in [0.25, 0.3) is 0 Å². The molecule has 9 heteroatoms. The summed E-state index contributed by atoms with van der Waals surface area (Å²) in [4.78, 5) is 6.69. The van der Waals surface area contributed by atoms with Crippen LogP contribution in [0.4, 0.5) is 8.78 Å². The zero-order valence-corrected chi connectivity index (χ0v) is 18.1.